The van der Waals surface area contributed by atoms with Gasteiger partial charge in [-0.3, -0.25) is 0 Å². The molecule has 1 aromatic rings. The van der Waals surface area contributed by atoms with Crippen LogP contribution in [-0.2, 0) is 10.0 Å². The summed E-state index contributed by atoms with van der Waals surface area (Å²) in [6, 6.07) is 1.34. The van der Waals surface area contributed by atoms with Gasteiger partial charge in [0.25, 0.3) is 0 Å². The second kappa shape index (κ2) is 5.87. The molecule has 0 aromatic carbocycles. The lowest BCUT2D eigenvalue weighted by Gasteiger charge is -2.26. The van der Waals surface area contributed by atoms with Gasteiger partial charge in [0, 0.05) is 18.6 Å². The molecule has 0 unspecified atom stereocenters. The lowest BCUT2D eigenvalue weighted by Crippen LogP contribution is -2.38. The third kappa shape index (κ3) is 3.43. The summed E-state index contributed by atoms with van der Waals surface area (Å²) >= 11 is 12.6. The van der Waals surface area contributed by atoms with Gasteiger partial charge in [-0.05, 0) is 18.9 Å². The minimum Gasteiger partial charge on any atom is -0.396 e. The van der Waals surface area contributed by atoms with E-state index in [1.54, 1.807) is 0 Å². The van der Waals surface area contributed by atoms with Crippen molar-refractivity contribution in [1.29, 1.82) is 0 Å². The molecule has 1 fully saturated rings. The van der Waals surface area contributed by atoms with E-state index in [9.17, 15) is 13.5 Å². The van der Waals surface area contributed by atoms with Gasteiger partial charge in [-0.2, -0.15) is 0 Å². The molecule has 0 amide bonds. The maximum atomic E-state index is 12.2. The van der Waals surface area contributed by atoms with Crippen LogP contribution in [0.15, 0.2) is 11.0 Å². The third-order valence-electron chi connectivity index (χ3n) is 3.55. The third-order valence-corrected chi connectivity index (χ3v) is 6.71. The number of hydrogen-bond donors (Lipinski definition) is 2. The summed E-state index contributed by atoms with van der Waals surface area (Å²) in [7, 11) is -3.67. The molecular weight excluding hydrogens is 329 g/mol. The molecule has 0 radical (unpaired) electrons. The topological polar surface area (TPSA) is 66.4 Å². The molecule has 8 heteroatoms. The van der Waals surface area contributed by atoms with Crippen molar-refractivity contribution >= 4 is 44.6 Å². The highest BCUT2D eigenvalue weighted by molar-refractivity contribution is 7.89. The van der Waals surface area contributed by atoms with Gasteiger partial charge >= 0.3 is 0 Å². The average molecular weight is 344 g/mol. The Morgan fingerprint density at radius 3 is 2.47 bits per heavy atom. The molecule has 1 saturated carbocycles. The highest BCUT2D eigenvalue weighted by Crippen LogP contribution is 2.38. The Balaban J connectivity index is 2.12. The molecule has 0 spiro atoms. The Morgan fingerprint density at radius 2 is 2.00 bits per heavy atom. The van der Waals surface area contributed by atoms with Gasteiger partial charge in [0.2, 0.25) is 10.0 Å². The Morgan fingerprint density at radius 1 is 1.37 bits per heavy atom. The summed E-state index contributed by atoms with van der Waals surface area (Å²) in [4.78, 5) is 0.00949. The second-order valence-corrected chi connectivity index (χ2v) is 8.90. The first-order chi connectivity index (χ1) is 8.88. The summed E-state index contributed by atoms with van der Waals surface area (Å²) in [5, 5.41) is 9.46. The van der Waals surface area contributed by atoms with E-state index in [1.807, 2.05) is 0 Å². The molecule has 4 nitrogen and oxygen atoms in total. The summed E-state index contributed by atoms with van der Waals surface area (Å²) < 4.78 is 27.3. The molecule has 19 heavy (non-hydrogen) atoms. The monoisotopic (exact) mass is 343 g/mol. The van der Waals surface area contributed by atoms with Crippen molar-refractivity contribution in [2.24, 2.45) is 5.41 Å². The van der Waals surface area contributed by atoms with Crippen molar-refractivity contribution in [2.75, 3.05) is 13.2 Å². The van der Waals surface area contributed by atoms with Crippen molar-refractivity contribution < 1.29 is 13.5 Å². The quantitative estimate of drug-likeness (QED) is 0.863. The Labute approximate surface area is 126 Å². The van der Waals surface area contributed by atoms with Crippen molar-refractivity contribution in [2.45, 2.75) is 30.6 Å². The predicted molar refractivity (Wildman–Crippen MR) is 77.5 cm³/mol. The minimum atomic E-state index is -3.67. The van der Waals surface area contributed by atoms with Crippen LogP contribution in [0.25, 0.3) is 0 Å². The van der Waals surface area contributed by atoms with Crippen molar-refractivity contribution in [1.82, 2.24) is 4.72 Å². The Kier molecular flexibility index (Phi) is 4.80. The minimum absolute atomic E-state index is 0.00630. The maximum Gasteiger partial charge on any atom is 0.242 e. The fraction of sp³-hybridized carbons (Fsp3) is 0.636. The molecule has 2 rings (SSSR count). The average Bonchev–Trinajstić information content (AvgIpc) is 2.95. The number of aliphatic hydroxyl groups excluding tert-OH is 1. The lowest BCUT2D eigenvalue weighted by atomic mass is 9.88. The van der Waals surface area contributed by atoms with Crippen LogP contribution >= 0.6 is 34.5 Å². The maximum absolute atomic E-state index is 12.2. The molecule has 0 saturated heterocycles. The fourth-order valence-corrected chi connectivity index (χ4v) is 5.65. The zero-order valence-corrected chi connectivity index (χ0v) is 13.3. The van der Waals surface area contributed by atoms with Crippen LogP contribution < -0.4 is 4.72 Å². The molecule has 1 aliphatic carbocycles. The number of halogens is 2. The molecular formula is C11H15Cl2NO3S2. The summed E-state index contributed by atoms with van der Waals surface area (Å²) in [5.74, 6) is 0. The number of aliphatic hydroxyl groups is 1. The second-order valence-electron chi connectivity index (χ2n) is 4.88. The zero-order chi connectivity index (χ0) is 14.1. The SMILES string of the molecule is O=S(=O)(NCC1(CO)CCCC1)c1cc(Cl)sc1Cl. The molecule has 0 aliphatic heterocycles. The molecule has 108 valence electrons. The number of rotatable bonds is 5. The molecule has 0 bridgehead atoms. The van der Waals surface area contributed by atoms with Crippen molar-refractivity contribution in [3.05, 3.63) is 14.7 Å². The number of nitrogens with one attached hydrogen (secondary N) is 1. The van der Waals surface area contributed by atoms with E-state index in [-0.39, 0.29) is 27.8 Å². The highest BCUT2D eigenvalue weighted by atomic mass is 35.5. The van der Waals surface area contributed by atoms with Gasteiger partial charge in [0.05, 0.1) is 4.34 Å². The lowest BCUT2D eigenvalue weighted by molar-refractivity contribution is 0.134. The number of sulfonamides is 1. The predicted octanol–water partition coefficient (Wildman–Crippen LogP) is 2.89. The van der Waals surface area contributed by atoms with Crippen LogP contribution in [0.5, 0.6) is 0 Å². The van der Waals surface area contributed by atoms with E-state index in [0.29, 0.717) is 4.34 Å². The Bertz CT molecular complexity index is 550. The van der Waals surface area contributed by atoms with Gasteiger partial charge < -0.3 is 5.11 Å². The first kappa shape index (κ1) is 15.5. The highest BCUT2D eigenvalue weighted by Gasteiger charge is 2.35. The van der Waals surface area contributed by atoms with Crippen molar-refractivity contribution in [3.63, 3.8) is 0 Å². The number of thiophene rings is 1. The summed E-state index contributed by atoms with van der Waals surface area (Å²) in [5.41, 5.74) is -0.334. The van der Waals surface area contributed by atoms with Gasteiger partial charge in [-0.15, -0.1) is 11.3 Å². The van der Waals surface area contributed by atoms with E-state index in [4.69, 9.17) is 23.2 Å². The van der Waals surface area contributed by atoms with E-state index in [1.165, 1.54) is 6.07 Å². The van der Waals surface area contributed by atoms with Gasteiger partial charge in [-0.1, -0.05) is 36.0 Å². The van der Waals surface area contributed by atoms with Gasteiger partial charge in [0.15, 0.2) is 0 Å². The smallest absolute Gasteiger partial charge is 0.242 e. The normalized spacial score (nSPS) is 18.9. The first-order valence-corrected chi connectivity index (χ1v) is 8.99. The van der Waals surface area contributed by atoms with Crippen LogP contribution in [-0.4, -0.2) is 26.7 Å². The molecule has 2 N–H and O–H groups in total. The number of hydrogen-bond acceptors (Lipinski definition) is 4. The first-order valence-electron chi connectivity index (χ1n) is 5.94. The van der Waals surface area contributed by atoms with Crippen LogP contribution in [0.1, 0.15) is 25.7 Å². The van der Waals surface area contributed by atoms with Gasteiger partial charge in [0.1, 0.15) is 9.23 Å². The molecule has 1 aromatic heterocycles. The summed E-state index contributed by atoms with van der Waals surface area (Å²) in [6.07, 6.45) is 3.72. The van der Waals surface area contributed by atoms with E-state index in [0.717, 1.165) is 37.0 Å². The molecule has 1 heterocycles. The van der Waals surface area contributed by atoms with Crippen LogP contribution in [0, 0.1) is 5.41 Å². The largest absolute Gasteiger partial charge is 0.396 e. The molecule has 0 atom stereocenters. The fourth-order valence-electron chi connectivity index (χ4n) is 2.35. The Hall–Kier alpha value is 0.150. The van der Waals surface area contributed by atoms with E-state index in [2.05, 4.69) is 4.72 Å². The van der Waals surface area contributed by atoms with Crippen molar-refractivity contribution in [3.8, 4) is 0 Å². The van der Waals surface area contributed by atoms with Crippen LogP contribution in [0.4, 0.5) is 0 Å². The van der Waals surface area contributed by atoms with Crippen LogP contribution in [0.3, 0.4) is 0 Å². The van der Waals surface area contributed by atoms with Gasteiger partial charge in [-0.25, -0.2) is 13.1 Å². The van der Waals surface area contributed by atoms with E-state index < -0.39 is 10.0 Å². The molecule has 1 aliphatic rings. The summed E-state index contributed by atoms with van der Waals surface area (Å²) in [6.45, 7) is 0.225. The standard InChI is InChI=1S/C11H15Cl2NO3S2/c12-9-5-8(10(13)18-9)19(16,17)14-6-11(7-15)3-1-2-4-11/h5,14-15H,1-4,6-7H2. The van der Waals surface area contributed by atoms with E-state index >= 15 is 0 Å². The zero-order valence-electron chi connectivity index (χ0n) is 10.2. The van der Waals surface area contributed by atoms with Crippen LogP contribution in [0.2, 0.25) is 8.67 Å².